The summed E-state index contributed by atoms with van der Waals surface area (Å²) >= 11 is 0. The molecule has 1 aromatic heterocycles. The molecule has 1 atom stereocenters. The highest BCUT2D eigenvalue weighted by atomic mass is 16.5. The van der Waals surface area contributed by atoms with Crippen molar-refractivity contribution in [3.63, 3.8) is 0 Å². The van der Waals surface area contributed by atoms with E-state index in [0.717, 1.165) is 48.8 Å². The van der Waals surface area contributed by atoms with Gasteiger partial charge in [-0.25, -0.2) is 4.98 Å². The lowest BCUT2D eigenvalue weighted by molar-refractivity contribution is 0.136. The maximum absolute atomic E-state index is 6.09. The highest BCUT2D eigenvalue weighted by molar-refractivity contribution is 5.33. The summed E-state index contributed by atoms with van der Waals surface area (Å²) in [6.45, 7) is 8.16. The van der Waals surface area contributed by atoms with Gasteiger partial charge in [-0.1, -0.05) is 28.2 Å². The topological polar surface area (TPSA) is 70.3 Å². The number of rotatable bonds is 6. The monoisotopic (exact) mass is 323 g/mol. The third-order valence-corrected chi connectivity index (χ3v) is 3.91. The largest absolute Gasteiger partial charge is 0.472 e. The Morgan fingerprint density at radius 1 is 1.22 bits per heavy atom. The molecule has 1 aliphatic carbocycles. The first kappa shape index (κ1) is 19.8. The van der Waals surface area contributed by atoms with Crippen LogP contribution in [0.2, 0.25) is 0 Å². The molecule has 2 heterocycles. The number of nitrogens with zero attached hydrogens (tertiary/aromatic N) is 2. The Morgan fingerprint density at radius 3 is 2.48 bits per heavy atom. The van der Waals surface area contributed by atoms with Crippen molar-refractivity contribution < 1.29 is 9.47 Å². The number of nitrogens with two attached hydrogens (primary N) is 1. The first-order chi connectivity index (χ1) is 10.8. The van der Waals surface area contributed by atoms with Gasteiger partial charge in [-0.15, -0.1) is 0 Å². The van der Waals surface area contributed by atoms with Gasteiger partial charge in [-0.3, -0.25) is 0 Å². The zero-order chi connectivity index (χ0) is 15.9. The van der Waals surface area contributed by atoms with Crippen LogP contribution in [0.3, 0.4) is 0 Å². The Labute approximate surface area is 141 Å². The van der Waals surface area contributed by atoms with Crippen molar-refractivity contribution in [1.82, 2.24) is 9.97 Å². The lowest BCUT2D eigenvalue weighted by atomic mass is 10.1. The molecule has 1 saturated heterocycles. The van der Waals surface area contributed by atoms with Gasteiger partial charge in [0.2, 0.25) is 5.88 Å². The van der Waals surface area contributed by atoms with Crippen molar-refractivity contribution in [1.29, 1.82) is 0 Å². The molecule has 3 rings (SSSR count). The highest BCUT2D eigenvalue weighted by Gasteiger charge is 2.29. The van der Waals surface area contributed by atoms with Crippen LogP contribution in [0, 0.1) is 0 Å². The van der Waals surface area contributed by atoms with E-state index in [9.17, 15) is 0 Å². The minimum absolute atomic E-state index is 0. The number of aromatic nitrogens is 2. The first-order valence-corrected chi connectivity index (χ1v) is 8.66. The molecule has 1 saturated carbocycles. The maximum Gasteiger partial charge on any atom is 0.220 e. The molecule has 23 heavy (non-hydrogen) atoms. The SMILES string of the molecule is C.CC.CCc1nc(C2CC2)nc(OC2CCOC2)c1CCN. The number of aryl methyl sites for hydroxylation is 1. The van der Waals surface area contributed by atoms with Crippen LogP contribution in [0.1, 0.15) is 70.5 Å². The van der Waals surface area contributed by atoms with Crippen LogP contribution >= 0.6 is 0 Å². The van der Waals surface area contributed by atoms with Crippen molar-refractivity contribution in [3.8, 4) is 5.88 Å². The standard InChI is InChI=1S/C15H23N3O2.C2H6.CH4/c1-2-13-12(5-7-16)15(20-11-6-8-19-9-11)18-14(17-13)10-3-4-10;1-2;/h10-11H,2-9,16H2,1H3;1-2H3;1H4. The van der Waals surface area contributed by atoms with Gasteiger partial charge in [0.25, 0.3) is 0 Å². The molecule has 5 nitrogen and oxygen atoms in total. The molecular formula is C18H33N3O2. The Morgan fingerprint density at radius 2 is 1.96 bits per heavy atom. The van der Waals surface area contributed by atoms with Gasteiger partial charge in [0.05, 0.1) is 18.9 Å². The molecule has 0 aromatic carbocycles. The summed E-state index contributed by atoms with van der Waals surface area (Å²) in [5.74, 6) is 2.24. The van der Waals surface area contributed by atoms with Crippen LogP contribution in [-0.4, -0.2) is 35.8 Å². The maximum atomic E-state index is 6.09. The molecule has 132 valence electrons. The molecule has 2 N–H and O–H groups in total. The van der Waals surface area contributed by atoms with Gasteiger partial charge < -0.3 is 15.2 Å². The molecule has 0 radical (unpaired) electrons. The van der Waals surface area contributed by atoms with Crippen molar-refractivity contribution >= 4 is 0 Å². The predicted octanol–water partition coefficient (Wildman–Crippen LogP) is 3.25. The Balaban J connectivity index is 0.000000849. The molecule has 1 unspecified atom stereocenters. The van der Waals surface area contributed by atoms with E-state index in [1.165, 1.54) is 12.8 Å². The van der Waals surface area contributed by atoms with Crippen LogP contribution < -0.4 is 10.5 Å². The highest BCUT2D eigenvalue weighted by Crippen LogP contribution is 2.39. The fourth-order valence-corrected chi connectivity index (χ4v) is 2.60. The lowest BCUT2D eigenvalue weighted by Crippen LogP contribution is -2.20. The van der Waals surface area contributed by atoms with Gasteiger partial charge in [0.1, 0.15) is 11.9 Å². The van der Waals surface area contributed by atoms with Gasteiger partial charge >= 0.3 is 0 Å². The number of ether oxygens (including phenoxy) is 2. The summed E-state index contributed by atoms with van der Waals surface area (Å²) < 4.78 is 11.5. The van der Waals surface area contributed by atoms with Crippen LogP contribution in [0.15, 0.2) is 0 Å². The Kier molecular flexibility index (Phi) is 8.48. The van der Waals surface area contributed by atoms with E-state index in [4.69, 9.17) is 20.2 Å². The second kappa shape index (κ2) is 9.83. The minimum atomic E-state index is 0. The van der Waals surface area contributed by atoms with E-state index in [1.807, 2.05) is 13.8 Å². The van der Waals surface area contributed by atoms with Crippen molar-refractivity contribution in [2.75, 3.05) is 19.8 Å². The summed E-state index contributed by atoms with van der Waals surface area (Å²) in [5.41, 5.74) is 7.92. The van der Waals surface area contributed by atoms with E-state index < -0.39 is 0 Å². The smallest absolute Gasteiger partial charge is 0.220 e. The number of hydrogen-bond donors (Lipinski definition) is 1. The summed E-state index contributed by atoms with van der Waals surface area (Å²) in [6.07, 6.45) is 5.13. The molecule has 2 aliphatic rings. The summed E-state index contributed by atoms with van der Waals surface area (Å²) in [5, 5.41) is 0. The van der Waals surface area contributed by atoms with Crippen LogP contribution in [0.4, 0.5) is 0 Å². The summed E-state index contributed by atoms with van der Waals surface area (Å²) in [6, 6.07) is 0. The molecule has 5 heteroatoms. The van der Waals surface area contributed by atoms with Crippen molar-refractivity contribution in [3.05, 3.63) is 17.1 Å². The minimum Gasteiger partial charge on any atom is -0.472 e. The van der Waals surface area contributed by atoms with E-state index in [1.54, 1.807) is 0 Å². The average molecular weight is 323 g/mol. The van der Waals surface area contributed by atoms with E-state index in [-0.39, 0.29) is 13.5 Å². The number of hydrogen-bond acceptors (Lipinski definition) is 5. The van der Waals surface area contributed by atoms with Gasteiger partial charge in [0, 0.05) is 17.9 Å². The molecule has 1 aliphatic heterocycles. The zero-order valence-electron chi connectivity index (χ0n) is 14.1. The van der Waals surface area contributed by atoms with E-state index >= 15 is 0 Å². The van der Waals surface area contributed by atoms with Gasteiger partial charge in [-0.05, 0) is 32.2 Å². The van der Waals surface area contributed by atoms with E-state index in [2.05, 4.69) is 11.9 Å². The van der Waals surface area contributed by atoms with Crippen molar-refractivity contribution in [2.45, 2.75) is 72.3 Å². The Bertz CT molecular complexity index is 470. The molecule has 0 bridgehead atoms. The van der Waals surface area contributed by atoms with Crippen molar-refractivity contribution in [2.24, 2.45) is 5.73 Å². The van der Waals surface area contributed by atoms with Crippen LogP contribution in [0.25, 0.3) is 0 Å². The summed E-state index contributed by atoms with van der Waals surface area (Å²) in [7, 11) is 0. The fraction of sp³-hybridized carbons (Fsp3) is 0.778. The second-order valence-corrected chi connectivity index (χ2v) is 5.58. The average Bonchev–Trinajstić information content (AvgIpc) is 3.29. The van der Waals surface area contributed by atoms with Crippen LogP contribution in [-0.2, 0) is 17.6 Å². The lowest BCUT2D eigenvalue weighted by Gasteiger charge is -2.17. The normalized spacial score (nSPS) is 19.6. The second-order valence-electron chi connectivity index (χ2n) is 5.58. The quantitative estimate of drug-likeness (QED) is 0.870. The fourth-order valence-electron chi connectivity index (χ4n) is 2.60. The summed E-state index contributed by atoms with van der Waals surface area (Å²) in [4.78, 5) is 9.41. The van der Waals surface area contributed by atoms with E-state index in [0.29, 0.717) is 19.1 Å². The predicted molar refractivity (Wildman–Crippen MR) is 94.1 cm³/mol. The van der Waals surface area contributed by atoms with Gasteiger partial charge in [0.15, 0.2) is 0 Å². The molecule has 0 amide bonds. The Hall–Kier alpha value is -1.20. The molecular weight excluding hydrogens is 290 g/mol. The zero-order valence-corrected chi connectivity index (χ0v) is 14.1. The molecule has 0 spiro atoms. The first-order valence-electron chi connectivity index (χ1n) is 8.66. The van der Waals surface area contributed by atoms with Crippen LogP contribution in [0.5, 0.6) is 5.88 Å². The molecule has 2 fully saturated rings. The van der Waals surface area contributed by atoms with Gasteiger partial charge in [-0.2, -0.15) is 4.98 Å². The molecule has 1 aromatic rings. The third kappa shape index (κ3) is 5.15. The third-order valence-electron chi connectivity index (χ3n) is 3.91.